The van der Waals surface area contributed by atoms with Gasteiger partial charge >= 0.3 is 0 Å². The number of pyridine rings is 1. The van der Waals surface area contributed by atoms with Crippen molar-refractivity contribution in [3.8, 4) is 5.82 Å². The first-order valence-corrected chi connectivity index (χ1v) is 4.62. The van der Waals surface area contributed by atoms with Crippen LogP contribution in [-0.2, 0) is 7.05 Å². The van der Waals surface area contributed by atoms with Gasteiger partial charge in [-0.2, -0.15) is 5.10 Å². The molecule has 0 aromatic carbocycles. The molecule has 74 valence electrons. The third-order valence-corrected chi connectivity index (χ3v) is 2.35. The molecule has 5 heteroatoms. The van der Waals surface area contributed by atoms with Crippen molar-refractivity contribution in [3.05, 3.63) is 37.1 Å². The van der Waals surface area contributed by atoms with E-state index in [1.165, 1.54) is 0 Å². The van der Waals surface area contributed by atoms with Crippen molar-refractivity contribution >= 4 is 11.0 Å². The zero-order valence-electron chi connectivity index (χ0n) is 8.20. The van der Waals surface area contributed by atoms with Crippen LogP contribution < -0.4 is 0 Å². The third-order valence-electron chi connectivity index (χ3n) is 2.35. The van der Waals surface area contributed by atoms with Gasteiger partial charge in [0, 0.05) is 25.6 Å². The number of nitrogens with zero attached hydrogens (tertiary/aromatic N) is 5. The lowest BCUT2D eigenvalue weighted by Gasteiger charge is -2.00. The van der Waals surface area contributed by atoms with E-state index in [2.05, 4.69) is 15.1 Å². The Morgan fingerprint density at radius 2 is 2.13 bits per heavy atom. The first kappa shape index (κ1) is 8.16. The number of imidazole rings is 1. The minimum Gasteiger partial charge on any atom is -0.334 e. The monoisotopic (exact) mass is 199 g/mol. The van der Waals surface area contributed by atoms with Crippen LogP contribution in [0, 0.1) is 0 Å². The zero-order chi connectivity index (χ0) is 10.3. The van der Waals surface area contributed by atoms with E-state index < -0.39 is 0 Å². The number of rotatable bonds is 1. The van der Waals surface area contributed by atoms with Gasteiger partial charge in [-0.15, -0.1) is 0 Å². The summed E-state index contributed by atoms with van der Waals surface area (Å²) in [4.78, 5) is 8.60. The molecule has 0 saturated carbocycles. The highest BCUT2D eigenvalue weighted by molar-refractivity contribution is 5.81. The second-order valence-corrected chi connectivity index (χ2v) is 3.31. The highest BCUT2D eigenvalue weighted by Crippen LogP contribution is 2.16. The number of aryl methyl sites for hydroxylation is 1. The van der Waals surface area contributed by atoms with Crippen LogP contribution in [0.25, 0.3) is 16.9 Å². The average Bonchev–Trinajstić information content (AvgIpc) is 2.88. The molecule has 0 N–H and O–H groups in total. The molecular weight excluding hydrogens is 190 g/mol. The summed E-state index contributed by atoms with van der Waals surface area (Å²) in [6.07, 6.45) is 7.13. The maximum absolute atomic E-state index is 4.31. The number of hydrogen-bond donors (Lipinski definition) is 0. The van der Waals surface area contributed by atoms with Crippen molar-refractivity contribution in [2.75, 3.05) is 0 Å². The van der Waals surface area contributed by atoms with E-state index in [1.807, 2.05) is 29.9 Å². The van der Waals surface area contributed by atoms with Gasteiger partial charge in [0.2, 0.25) is 0 Å². The van der Waals surface area contributed by atoms with Gasteiger partial charge in [-0.1, -0.05) is 0 Å². The van der Waals surface area contributed by atoms with Gasteiger partial charge in [0.25, 0.3) is 0 Å². The summed E-state index contributed by atoms with van der Waals surface area (Å²) < 4.78 is 3.68. The van der Waals surface area contributed by atoms with Crippen LogP contribution in [0.4, 0.5) is 0 Å². The van der Waals surface area contributed by atoms with E-state index >= 15 is 0 Å². The summed E-state index contributed by atoms with van der Waals surface area (Å²) in [6.45, 7) is 0. The van der Waals surface area contributed by atoms with Crippen LogP contribution in [0.15, 0.2) is 37.1 Å². The number of hydrogen-bond acceptors (Lipinski definition) is 3. The molecule has 0 fully saturated rings. The Kier molecular flexibility index (Phi) is 1.58. The molecule has 0 aliphatic heterocycles. The van der Waals surface area contributed by atoms with Gasteiger partial charge in [0.15, 0.2) is 5.82 Å². The van der Waals surface area contributed by atoms with Crippen molar-refractivity contribution < 1.29 is 0 Å². The van der Waals surface area contributed by atoms with Crippen LogP contribution >= 0.6 is 0 Å². The molecule has 3 aromatic rings. The van der Waals surface area contributed by atoms with Gasteiger partial charge in [-0.3, -0.25) is 0 Å². The van der Waals surface area contributed by atoms with Crippen molar-refractivity contribution in [1.29, 1.82) is 0 Å². The maximum Gasteiger partial charge on any atom is 0.181 e. The largest absolute Gasteiger partial charge is 0.334 e. The Balaban J connectivity index is 2.36. The Labute approximate surface area is 86.0 Å². The summed E-state index contributed by atoms with van der Waals surface area (Å²) in [5.41, 5.74) is 1.92. The molecule has 0 spiro atoms. The first-order chi connectivity index (χ1) is 7.36. The molecule has 3 aromatic heterocycles. The highest BCUT2D eigenvalue weighted by Gasteiger charge is 2.07. The quantitative estimate of drug-likeness (QED) is 0.590. The van der Waals surface area contributed by atoms with Crippen LogP contribution in [0.2, 0.25) is 0 Å². The second-order valence-electron chi connectivity index (χ2n) is 3.31. The molecule has 3 heterocycles. The third kappa shape index (κ3) is 1.13. The fourth-order valence-electron chi connectivity index (χ4n) is 1.61. The Hall–Kier alpha value is -2.17. The number of fused-ring (bicyclic) bond motifs is 1. The molecule has 0 amide bonds. The summed E-state index contributed by atoms with van der Waals surface area (Å²) >= 11 is 0. The average molecular weight is 199 g/mol. The topological polar surface area (TPSA) is 48.5 Å². The van der Waals surface area contributed by atoms with Crippen molar-refractivity contribution in [3.63, 3.8) is 0 Å². The molecular formula is C10H9N5. The SMILES string of the molecule is Cn1cnc2c(-n3cccn3)nccc21. The lowest BCUT2D eigenvalue weighted by atomic mass is 10.4. The Morgan fingerprint density at radius 1 is 1.20 bits per heavy atom. The summed E-state index contributed by atoms with van der Waals surface area (Å²) in [6, 6.07) is 3.80. The first-order valence-electron chi connectivity index (χ1n) is 4.62. The van der Waals surface area contributed by atoms with E-state index in [0.717, 1.165) is 16.9 Å². The van der Waals surface area contributed by atoms with E-state index in [4.69, 9.17) is 0 Å². The Bertz CT molecular complexity index is 593. The normalized spacial score (nSPS) is 11.0. The fraction of sp³-hybridized carbons (Fsp3) is 0.100. The number of aromatic nitrogens is 5. The van der Waals surface area contributed by atoms with Gasteiger partial charge < -0.3 is 4.57 Å². The standard InChI is InChI=1S/C10H9N5/c1-14-7-12-9-8(14)3-5-11-10(9)15-6-2-4-13-15/h2-7H,1H3. The summed E-state index contributed by atoms with van der Waals surface area (Å²) in [5, 5.41) is 4.15. The predicted octanol–water partition coefficient (Wildman–Crippen LogP) is 1.15. The van der Waals surface area contributed by atoms with Gasteiger partial charge in [0.1, 0.15) is 5.52 Å². The van der Waals surface area contributed by atoms with E-state index in [9.17, 15) is 0 Å². The van der Waals surface area contributed by atoms with Gasteiger partial charge in [0.05, 0.1) is 11.8 Å². The van der Waals surface area contributed by atoms with E-state index in [-0.39, 0.29) is 0 Å². The van der Waals surface area contributed by atoms with Crippen LogP contribution in [-0.4, -0.2) is 24.3 Å². The van der Waals surface area contributed by atoms with E-state index in [0.29, 0.717) is 0 Å². The van der Waals surface area contributed by atoms with Crippen LogP contribution in [0.5, 0.6) is 0 Å². The molecule has 0 unspecified atom stereocenters. The van der Waals surface area contributed by atoms with E-state index in [1.54, 1.807) is 23.4 Å². The molecule has 5 nitrogen and oxygen atoms in total. The van der Waals surface area contributed by atoms with Crippen molar-refractivity contribution in [1.82, 2.24) is 24.3 Å². The molecule has 3 rings (SSSR count). The highest BCUT2D eigenvalue weighted by atomic mass is 15.3. The summed E-state index contributed by atoms with van der Waals surface area (Å²) in [5.74, 6) is 0.762. The molecule has 0 aliphatic carbocycles. The fourth-order valence-corrected chi connectivity index (χ4v) is 1.61. The zero-order valence-corrected chi connectivity index (χ0v) is 8.20. The minimum absolute atomic E-state index is 0.762. The van der Waals surface area contributed by atoms with Crippen molar-refractivity contribution in [2.24, 2.45) is 7.05 Å². The smallest absolute Gasteiger partial charge is 0.181 e. The van der Waals surface area contributed by atoms with Crippen LogP contribution in [0.1, 0.15) is 0 Å². The molecule has 15 heavy (non-hydrogen) atoms. The molecule has 0 bridgehead atoms. The molecule has 0 saturated heterocycles. The predicted molar refractivity (Wildman–Crippen MR) is 55.6 cm³/mol. The molecule has 0 aliphatic rings. The lowest BCUT2D eigenvalue weighted by molar-refractivity contribution is 0.853. The second kappa shape index (κ2) is 2.91. The van der Waals surface area contributed by atoms with Crippen molar-refractivity contribution in [2.45, 2.75) is 0 Å². The van der Waals surface area contributed by atoms with Crippen LogP contribution in [0.3, 0.4) is 0 Å². The maximum atomic E-state index is 4.31. The van der Waals surface area contributed by atoms with Gasteiger partial charge in [-0.25, -0.2) is 14.6 Å². The Morgan fingerprint density at radius 3 is 2.93 bits per heavy atom. The van der Waals surface area contributed by atoms with Gasteiger partial charge in [-0.05, 0) is 12.1 Å². The lowest BCUT2D eigenvalue weighted by Crippen LogP contribution is -1.98. The molecule has 0 atom stereocenters. The summed E-state index contributed by atoms with van der Waals surface area (Å²) in [7, 11) is 1.96. The minimum atomic E-state index is 0.762. The molecule has 0 radical (unpaired) electrons.